The van der Waals surface area contributed by atoms with Crippen molar-refractivity contribution in [1.29, 1.82) is 0 Å². The fourth-order valence-corrected chi connectivity index (χ4v) is 4.12. The van der Waals surface area contributed by atoms with E-state index in [9.17, 15) is 9.90 Å². The van der Waals surface area contributed by atoms with E-state index in [1.165, 1.54) is 19.3 Å². The molecule has 3 fully saturated rings. The van der Waals surface area contributed by atoms with Gasteiger partial charge >= 0.3 is 5.97 Å². The molecule has 1 aliphatic heterocycles. The number of likely N-dealkylation sites (tertiary alicyclic amines) is 1. The minimum Gasteiger partial charge on any atom is -0.480 e. The van der Waals surface area contributed by atoms with E-state index in [0.717, 1.165) is 51.1 Å². The number of piperidine rings is 1. The molecule has 0 spiro atoms. The predicted molar refractivity (Wildman–Crippen MR) is 78.8 cm³/mol. The van der Waals surface area contributed by atoms with Gasteiger partial charge in [-0.2, -0.15) is 0 Å². The van der Waals surface area contributed by atoms with Crippen LogP contribution in [-0.4, -0.2) is 46.7 Å². The summed E-state index contributed by atoms with van der Waals surface area (Å²) in [4.78, 5) is 14.4. The number of carboxylic acids is 1. The third-order valence-corrected chi connectivity index (χ3v) is 5.40. The Morgan fingerprint density at radius 1 is 1.25 bits per heavy atom. The lowest BCUT2D eigenvalue weighted by Crippen LogP contribution is -2.59. The topological polar surface area (TPSA) is 52.6 Å². The SMILES string of the molecule is CC1CCCN(C2CCCC(NC3CC3)(C(=O)O)C2)C1. The summed E-state index contributed by atoms with van der Waals surface area (Å²) in [5, 5.41) is 13.2. The van der Waals surface area contributed by atoms with E-state index in [0.29, 0.717) is 12.1 Å². The lowest BCUT2D eigenvalue weighted by atomic mass is 9.77. The molecule has 0 radical (unpaired) electrons. The molecule has 3 aliphatic rings. The van der Waals surface area contributed by atoms with E-state index in [-0.39, 0.29) is 0 Å². The van der Waals surface area contributed by atoms with Crippen LogP contribution in [0.2, 0.25) is 0 Å². The molecule has 0 aromatic carbocycles. The second kappa shape index (κ2) is 5.64. The van der Waals surface area contributed by atoms with Gasteiger partial charge in [-0.25, -0.2) is 0 Å². The Labute approximate surface area is 121 Å². The molecule has 0 aromatic rings. The lowest BCUT2D eigenvalue weighted by Gasteiger charge is -2.45. The van der Waals surface area contributed by atoms with Gasteiger partial charge in [0.1, 0.15) is 5.54 Å². The maximum atomic E-state index is 11.9. The number of aliphatic carboxylic acids is 1. The average Bonchev–Trinajstić information content (AvgIpc) is 3.23. The molecule has 3 atom stereocenters. The first-order chi connectivity index (χ1) is 9.59. The molecule has 20 heavy (non-hydrogen) atoms. The minimum atomic E-state index is -0.648. The van der Waals surface area contributed by atoms with Gasteiger partial charge in [0.2, 0.25) is 0 Å². The van der Waals surface area contributed by atoms with Gasteiger partial charge in [-0.1, -0.05) is 6.92 Å². The van der Waals surface area contributed by atoms with Crippen LogP contribution < -0.4 is 5.32 Å². The molecule has 1 heterocycles. The highest BCUT2D eigenvalue weighted by Crippen LogP contribution is 2.36. The summed E-state index contributed by atoms with van der Waals surface area (Å²) < 4.78 is 0. The van der Waals surface area contributed by atoms with Crippen LogP contribution in [0.5, 0.6) is 0 Å². The predicted octanol–water partition coefficient (Wildman–Crippen LogP) is 2.24. The van der Waals surface area contributed by atoms with Crippen molar-refractivity contribution in [1.82, 2.24) is 10.2 Å². The molecule has 3 unspecified atom stereocenters. The van der Waals surface area contributed by atoms with Crippen molar-refractivity contribution in [2.45, 2.75) is 75.9 Å². The standard InChI is InChI=1S/C16H28N2O2/c1-12-4-3-9-18(11-12)14-5-2-8-16(10-14,15(19)20)17-13-6-7-13/h12-14,17H,2-11H2,1H3,(H,19,20). The molecule has 3 rings (SSSR count). The van der Waals surface area contributed by atoms with Crippen molar-refractivity contribution >= 4 is 5.97 Å². The van der Waals surface area contributed by atoms with Gasteiger partial charge in [-0.15, -0.1) is 0 Å². The molecule has 1 saturated heterocycles. The fourth-order valence-electron chi connectivity index (χ4n) is 4.12. The number of nitrogens with one attached hydrogen (secondary N) is 1. The van der Waals surface area contributed by atoms with E-state index in [1.54, 1.807) is 0 Å². The second-order valence-corrected chi connectivity index (χ2v) is 7.30. The molecule has 4 heteroatoms. The van der Waals surface area contributed by atoms with Crippen molar-refractivity contribution in [3.8, 4) is 0 Å². The summed E-state index contributed by atoms with van der Waals surface area (Å²) in [7, 11) is 0. The first-order valence-corrected chi connectivity index (χ1v) is 8.34. The Morgan fingerprint density at radius 2 is 2.05 bits per heavy atom. The van der Waals surface area contributed by atoms with E-state index in [4.69, 9.17) is 0 Å². The van der Waals surface area contributed by atoms with Gasteiger partial charge in [-0.05, 0) is 63.8 Å². The summed E-state index contributed by atoms with van der Waals surface area (Å²) in [6.07, 6.45) is 8.72. The van der Waals surface area contributed by atoms with Crippen LogP contribution in [0.15, 0.2) is 0 Å². The number of hydrogen-bond acceptors (Lipinski definition) is 3. The van der Waals surface area contributed by atoms with Gasteiger partial charge in [0.25, 0.3) is 0 Å². The molecule has 2 saturated carbocycles. The van der Waals surface area contributed by atoms with Gasteiger partial charge in [0, 0.05) is 18.6 Å². The molecular weight excluding hydrogens is 252 g/mol. The van der Waals surface area contributed by atoms with Crippen LogP contribution in [0.4, 0.5) is 0 Å². The van der Waals surface area contributed by atoms with Crippen molar-refractivity contribution in [2.75, 3.05) is 13.1 Å². The molecular formula is C16H28N2O2. The van der Waals surface area contributed by atoms with Crippen LogP contribution in [0.1, 0.15) is 58.3 Å². The van der Waals surface area contributed by atoms with Crippen LogP contribution in [0.25, 0.3) is 0 Å². The molecule has 2 N–H and O–H groups in total. The van der Waals surface area contributed by atoms with Crippen LogP contribution >= 0.6 is 0 Å². The largest absolute Gasteiger partial charge is 0.480 e. The van der Waals surface area contributed by atoms with E-state index >= 15 is 0 Å². The summed E-state index contributed by atoms with van der Waals surface area (Å²) in [5.74, 6) is 0.139. The normalized spacial score (nSPS) is 39.6. The van der Waals surface area contributed by atoms with Crippen LogP contribution in [-0.2, 0) is 4.79 Å². The Balaban J connectivity index is 1.68. The van der Waals surface area contributed by atoms with Gasteiger partial charge in [-0.3, -0.25) is 10.1 Å². The Hall–Kier alpha value is -0.610. The van der Waals surface area contributed by atoms with E-state index in [2.05, 4.69) is 17.1 Å². The quantitative estimate of drug-likeness (QED) is 0.829. The fraction of sp³-hybridized carbons (Fsp3) is 0.938. The zero-order valence-electron chi connectivity index (χ0n) is 12.6. The summed E-state index contributed by atoms with van der Waals surface area (Å²) in [6, 6.07) is 0.930. The maximum absolute atomic E-state index is 11.9. The number of rotatable bonds is 4. The smallest absolute Gasteiger partial charge is 0.323 e. The maximum Gasteiger partial charge on any atom is 0.323 e. The highest BCUT2D eigenvalue weighted by Gasteiger charge is 2.47. The highest BCUT2D eigenvalue weighted by atomic mass is 16.4. The van der Waals surface area contributed by atoms with E-state index in [1.807, 2.05) is 0 Å². The molecule has 0 aromatic heterocycles. The number of nitrogens with zero attached hydrogens (tertiary/aromatic N) is 1. The molecule has 4 nitrogen and oxygen atoms in total. The molecule has 0 bridgehead atoms. The molecule has 2 aliphatic carbocycles. The minimum absolute atomic E-state index is 0.463. The molecule has 0 amide bonds. The third-order valence-electron chi connectivity index (χ3n) is 5.40. The first-order valence-electron chi connectivity index (χ1n) is 8.34. The number of carbonyl (C=O) groups is 1. The zero-order chi connectivity index (χ0) is 14.2. The van der Waals surface area contributed by atoms with Crippen molar-refractivity contribution in [3.05, 3.63) is 0 Å². The van der Waals surface area contributed by atoms with E-state index < -0.39 is 11.5 Å². The summed E-state index contributed by atoms with van der Waals surface area (Å²) in [6.45, 7) is 4.64. The molecule has 114 valence electrons. The Morgan fingerprint density at radius 3 is 2.70 bits per heavy atom. The average molecular weight is 280 g/mol. The number of hydrogen-bond donors (Lipinski definition) is 2. The van der Waals surface area contributed by atoms with Gasteiger partial charge in [0.15, 0.2) is 0 Å². The first kappa shape index (κ1) is 14.3. The Kier molecular flexibility index (Phi) is 4.04. The number of carboxylic acid groups (broad SMARTS) is 1. The zero-order valence-corrected chi connectivity index (χ0v) is 12.6. The van der Waals surface area contributed by atoms with Crippen molar-refractivity contribution in [2.24, 2.45) is 5.92 Å². The van der Waals surface area contributed by atoms with Crippen LogP contribution in [0, 0.1) is 5.92 Å². The van der Waals surface area contributed by atoms with Gasteiger partial charge < -0.3 is 10.0 Å². The Bertz CT molecular complexity index is 369. The van der Waals surface area contributed by atoms with Crippen molar-refractivity contribution < 1.29 is 9.90 Å². The third kappa shape index (κ3) is 3.01. The van der Waals surface area contributed by atoms with Crippen molar-refractivity contribution in [3.63, 3.8) is 0 Å². The monoisotopic (exact) mass is 280 g/mol. The summed E-state index contributed by atoms with van der Waals surface area (Å²) >= 11 is 0. The lowest BCUT2D eigenvalue weighted by molar-refractivity contribution is -0.147. The summed E-state index contributed by atoms with van der Waals surface area (Å²) in [5.41, 5.74) is -0.648. The van der Waals surface area contributed by atoms with Gasteiger partial charge in [0.05, 0.1) is 0 Å². The second-order valence-electron chi connectivity index (χ2n) is 7.30. The van der Waals surface area contributed by atoms with Crippen LogP contribution in [0.3, 0.4) is 0 Å². The highest BCUT2D eigenvalue weighted by molar-refractivity contribution is 5.79.